The van der Waals surface area contributed by atoms with Gasteiger partial charge in [-0.2, -0.15) is 0 Å². The molecular weight excluding hydrogens is 306 g/mol. The van der Waals surface area contributed by atoms with Gasteiger partial charge in [-0.1, -0.05) is 18.2 Å². The van der Waals surface area contributed by atoms with Crippen molar-refractivity contribution in [3.63, 3.8) is 0 Å². The lowest BCUT2D eigenvalue weighted by atomic mass is 10.1. The SMILES string of the molecule is Cc1ccnc(C2CCN(C(=O)c3cc4ccccc4s3)C2)n1. The van der Waals surface area contributed by atoms with Crippen LogP contribution in [-0.2, 0) is 0 Å². The maximum Gasteiger partial charge on any atom is 0.263 e. The predicted octanol–water partition coefficient (Wildman–Crippen LogP) is 3.63. The van der Waals surface area contributed by atoms with Gasteiger partial charge in [-0.15, -0.1) is 11.3 Å². The van der Waals surface area contributed by atoms with Crippen LogP contribution in [0, 0.1) is 6.92 Å². The van der Waals surface area contributed by atoms with Crippen molar-refractivity contribution in [1.29, 1.82) is 0 Å². The number of fused-ring (bicyclic) bond motifs is 1. The van der Waals surface area contributed by atoms with Gasteiger partial charge >= 0.3 is 0 Å². The number of thiophene rings is 1. The molecule has 0 bridgehead atoms. The van der Waals surface area contributed by atoms with E-state index < -0.39 is 0 Å². The van der Waals surface area contributed by atoms with Crippen molar-refractivity contribution < 1.29 is 4.79 Å². The zero-order valence-electron chi connectivity index (χ0n) is 12.9. The summed E-state index contributed by atoms with van der Waals surface area (Å²) >= 11 is 1.57. The molecule has 23 heavy (non-hydrogen) atoms. The summed E-state index contributed by atoms with van der Waals surface area (Å²) in [7, 11) is 0. The molecule has 1 atom stereocenters. The van der Waals surface area contributed by atoms with E-state index >= 15 is 0 Å². The highest BCUT2D eigenvalue weighted by Gasteiger charge is 2.30. The van der Waals surface area contributed by atoms with Crippen molar-refractivity contribution in [1.82, 2.24) is 14.9 Å². The molecule has 1 saturated heterocycles. The van der Waals surface area contributed by atoms with Crippen LogP contribution in [0.1, 0.15) is 33.5 Å². The summed E-state index contributed by atoms with van der Waals surface area (Å²) in [4.78, 5) is 24.4. The number of nitrogens with zero attached hydrogens (tertiary/aromatic N) is 3. The first-order chi connectivity index (χ1) is 11.2. The number of hydrogen-bond acceptors (Lipinski definition) is 4. The molecule has 4 nitrogen and oxygen atoms in total. The number of aryl methyl sites for hydroxylation is 1. The van der Waals surface area contributed by atoms with Gasteiger partial charge in [-0.05, 0) is 36.9 Å². The standard InChI is InChI=1S/C18H17N3OS/c1-12-6-8-19-17(20-12)14-7-9-21(11-14)18(22)16-10-13-4-2-3-5-15(13)23-16/h2-6,8,10,14H,7,9,11H2,1H3. The Kier molecular flexibility index (Phi) is 3.58. The molecule has 3 aromatic rings. The predicted molar refractivity (Wildman–Crippen MR) is 91.9 cm³/mol. The summed E-state index contributed by atoms with van der Waals surface area (Å²) in [5.41, 5.74) is 0.976. The second-order valence-corrected chi connectivity index (χ2v) is 7.03. The number of carbonyl (C=O) groups is 1. The van der Waals surface area contributed by atoms with Gasteiger partial charge in [0, 0.05) is 35.6 Å². The first kappa shape index (κ1) is 14.3. The molecule has 1 aromatic carbocycles. The number of carbonyl (C=O) groups excluding carboxylic acids is 1. The highest BCUT2D eigenvalue weighted by molar-refractivity contribution is 7.20. The van der Waals surface area contributed by atoms with E-state index in [1.807, 2.05) is 36.1 Å². The van der Waals surface area contributed by atoms with Crippen LogP contribution in [0.3, 0.4) is 0 Å². The summed E-state index contributed by atoms with van der Waals surface area (Å²) in [5, 5.41) is 1.14. The van der Waals surface area contributed by atoms with E-state index in [1.165, 1.54) is 0 Å². The molecule has 1 amide bonds. The fourth-order valence-corrected chi connectivity index (χ4v) is 4.09. The third kappa shape index (κ3) is 2.72. The molecule has 0 spiro atoms. The first-order valence-corrected chi connectivity index (χ1v) is 8.60. The summed E-state index contributed by atoms with van der Waals surface area (Å²) in [6.45, 7) is 3.45. The van der Waals surface area contributed by atoms with Crippen LogP contribution >= 0.6 is 11.3 Å². The van der Waals surface area contributed by atoms with Gasteiger partial charge in [-0.25, -0.2) is 9.97 Å². The van der Waals surface area contributed by atoms with E-state index in [2.05, 4.69) is 22.1 Å². The summed E-state index contributed by atoms with van der Waals surface area (Å²) < 4.78 is 1.16. The fourth-order valence-electron chi connectivity index (χ4n) is 3.06. The Hall–Kier alpha value is -2.27. The Morgan fingerprint density at radius 3 is 3.00 bits per heavy atom. The Balaban J connectivity index is 1.54. The number of likely N-dealkylation sites (tertiary alicyclic amines) is 1. The average Bonchev–Trinajstić information content (AvgIpc) is 3.21. The fraction of sp³-hybridized carbons (Fsp3) is 0.278. The van der Waals surface area contributed by atoms with Gasteiger partial charge < -0.3 is 4.90 Å². The topological polar surface area (TPSA) is 46.1 Å². The van der Waals surface area contributed by atoms with Gasteiger partial charge in [0.15, 0.2) is 0 Å². The molecule has 5 heteroatoms. The van der Waals surface area contributed by atoms with E-state index in [4.69, 9.17) is 0 Å². The van der Waals surface area contributed by atoms with Crippen molar-refractivity contribution in [2.24, 2.45) is 0 Å². The lowest BCUT2D eigenvalue weighted by Gasteiger charge is -2.15. The monoisotopic (exact) mass is 323 g/mol. The largest absolute Gasteiger partial charge is 0.337 e. The summed E-state index contributed by atoms with van der Waals surface area (Å²) in [6.07, 6.45) is 2.73. The van der Waals surface area contributed by atoms with Gasteiger partial charge in [0.1, 0.15) is 5.82 Å². The van der Waals surface area contributed by atoms with Crippen molar-refractivity contribution in [3.8, 4) is 0 Å². The minimum atomic E-state index is 0.126. The molecule has 3 heterocycles. The summed E-state index contributed by atoms with van der Waals surface area (Å²) in [5.74, 6) is 1.23. The zero-order chi connectivity index (χ0) is 15.8. The smallest absolute Gasteiger partial charge is 0.263 e. The Labute approximate surface area is 138 Å². The van der Waals surface area contributed by atoms with Crippen LogP contribution in [0.5, 0.6) is 0 Å². The van der Waals surface area contributed by atoms with Crippen molar-refractivity contribution in [3.05, 3.63) is 59.0 Å². The van der Waals surface area contributed by atoms with Gasteiger partial charge in [-0.3, -0.25) is 4.79 Å². The lowest BCUT2D eigenvalue weighted by molar-refractivity contribution is 0.0795. The highest BCUT2D eigenvalue weighted by atomic mass is 32.1. The zero-order valence-corrected chi connectivity index (χ0v) is 13.7. The minimum absolute atomic E-state index is 0.126. The molecule has 0 radical (unpaired) electrons. The van der Waals surface area contributed by atoms with E-state index in [-0.39, 0.29) is 11.8 Å². The minimum Gasteiger partial charge on any atom is -0.337 e. The van der Waals surface area contributed by atoms with E-state index in [0.717, 1.165) is 39.4 Å². The van der Waals surface area contributed by atoms with E-state index in [9.17, 15) is 4.79 Å². The maximum atomic E-state index is 12.8. The molecule has 1 fully saturated rings. The Morgan fingerprint density at radius 2 is 2.17 bits per heavy atom. The number of hydrogen-bond donors (Lipinski definition) is 0. The molecule has 2 aromatic heterocycles. The molecular formula is C18H17N3OS. The second-order valence-electron chi connectivity index (χ2n) is 5.94. The van der Waals surface area contributed by atoms with Gasteiger partial charge in [0.25, 0.3) is 5.91 Å². The van der Waals surface area contributed by atoms with Crippen LogP contribution in [0.15, 0.2) is 42.6 Å². The van der Waals surface area contributed by atoms with Crippen LogP contribution < -0.4 is 0 Å². The number of aromatic nitrogens is 2. The van der Waals surface area contributed by atoms with E-state index in [1.54, 1.807) is 17.5 Å². The third-order valence-corrected chi connectivity index (χ3v) is 5.39. The van der Waals surface area contributed by atoms with Crippen molar-refractivity contribution >= 4 is 27.3 Å². The Morgan fingerprint density at radius 1 is 1.30 bits per heavy atom. The first-order valence-electron chi connectivity index (χ1n) is 7.78. The number of amides is 1. The average molecular weight is 323 g/mol. The molecule has 4 rings (SSSR count). The van der Waals surface area contributed by atoms with E-state index in [0.29, 0.717) is 6.54 Å². The molecule has 1 aliphatic rings. The van der Waals surface area contributed by atoms with Crippen LogP contribution in [-0.4, -0.2) is 33.9 Å². The quantitative estimate of drug-likeness (QED) is 0.723. The van der Waals surface area contributed by atoms with Crippen LogP contribution in [0.25, 0.3) is 10.1 Å². The number of rotatable bonds is 2. The summed E-state index contributed by atoms with van der Waals surface area (Å²) in [6, 6.07) is 12.0. The second kappa shape index (κ2) is 5.74. The normalized spacial score (nSPS) is 17.8. The highest BCUT2D eigenvalue weighted by Crippen LogP contribution is 2.30. The van der Waals surface area contributed by atoms with Gasteiger partial charge in [0.05, 0.1) is 4.88 Å². The molecule has 0 saturated carbocycles. The van der Waals surface area contributed by atoms with Gasteiger partial charge in [0.2, 0.25) is 0 Å². The van der Waals surface area contributed by atoms with Crippen molar-refractivity contribution in [2.45, 2.75) is 19.3 Å². The molecule has 0 N–H and O–H groups in total. The lowest BCUT2D eigenvalue weighted by Crippen LogP contribution is -2.27. The molecule has 1 aliphatic heterocycles. The molecule has 1 unspecified atom stereocenters. The maximum absolute atomic E-state index is 12.8. The molecule has 0 aliphatic carbocycles. The Bertz CT molecular complexity index is 840. The van der Waals surface area contributed by atoms with Crippen LogP contribution in [0.4, 0.5) is 0 Å². The number of benzene rings is 1. The molecule has 116 valence electrons. The van der Waals surface area contributed by atoms with Crippen molar-refractivity contribution in [2.75, 3.05) is 13.1 Å². The van der Waals surface area contributed by atoms with Crippen LogP contribution in [0.2, 0.25) is 0 Å². The third-order valence-electron chi connectivity index (χ3n) is 4.29.